The third kappa shape index (κ3) is 5.41. The molecule has 0 fully saturated rings. The van der Waals surface area contributed by atoms with E-state index in [1.165, 1.54) is 0 Å². The minimum Gasteiger partial charge on any atom is -0.490 e. The van der Waals surface area contributed by atoms with Crippen LogP contribution in [-0.2, 0) is 0 Å². The fourth-order valence-electron chi connectivity index (χ4n) is 4.02. The number of anilines is 1. The van der Waals surface area contributed by atoms with Crippen LogP contribution in [-0.4, -0.2) is 46.6 Å². The molecular weight excluding hydrogens is 440 g/mol. The predicted molar refractivity (Wildman–Crippen MR) is 140 cm³/mol. The lowest BCUT2D eigenvalue weighted by molar-refractivity contribution is 0.102. The summed E-state index contributed by atoms with van der Waals surface area (Å²) >= 11 is 0. The van der Waals surface area contributed by atoms with E-state index >= 15 is 0 Å². The van der Waals surface area contributed by atoms with Crippen LogP contribution >= 0.6 is 0 Å². The first-order valence-electron chi connectivity index (χ1n) is 11.9. The van der Waals surface area contributed by atoms with Crippen molar-refractivity contribution in [3.8, 4) is 11.4 Å². The molecule has 0 atom stereocenters. The van der Waals surface area contributed by atoms with Crippen molar-refractivity contribution in [2.45, 2.75) is 20.8 Å². The molecule has 0 aliphatic heterocycles. The van der Waals surface area contributed by atoms with Gasteiger partial charge in [-0.15, -0.1) is 0 Å². The zero-order valence-electron chi connectivity index (χ0n) is 20.3. The van der Waals surface area contributed by atoms with Crippen LogP contribution < -0.4 is 15.6 Å². The van der Waals surface area contributed by atoms with E-state index in [0.29, 0.717) is 46.0 Å². The molecule has 0 saturated heterocycles. The van der Waals surface area contributed by atoms with Gasteiger partial charge in [-0.05, 0) is 68.5 Å². The number of nitrogens with zero attached hydrogens (tertiary/aromatic N) is 3. The van der Waals surface area contributed by atoms with Crippen molar-refractivity contribution in [2.75, 3.05) is 31.6 Å². The molecule has 3 aromatic carbocycles. The van der Waals surface area contributed by atoms with Crippen molar-refractivity contribution >= 4 is 22.5 Å². The summed E-state index contributed by atoms with van der Waals surface area (Å²) in [6.07, 6.45) is 0. The Morgan fingerprint density at radius 3 is 2.40 bits per heavy atom. The van der Waals surface area contributed by atoms with Crippen molar-refractivity contribution in [1.29, 1.82) is 0 Å². The lowest BCUT2D eigenvalue weighted by Crippen LogP contribution is -2.28. The number of para-hydroxylation sites is 3. The minimum absolute atomic E-state index is 0.138. The second-order valence-corrected chi connectivity index (χ2v) is 8.19. The lowest BCUT2D eigenvalue weighted by atomic mass is 10.1. The largest absolute Gasteiger partial charge is 0.490 e. The molecule has 35 heavy (non-hydrogen) atoms. The molecule has 4 aromatic rings. The Balaban J connectivity index is 1.50. The molecule has 1 heterocycles. The topological polar surface area (TPSA) is 76.5 Å². The lowest BCUT2D eigenvalue weighted by Gasteiger charge is -2.19. The number of carbonyl (C=O) groups excluding carboxylic acids is 1. The summed E-state index contributed by atoms with van der Waals surface area (Å²) < 4.78 is 7.50. The van der Waals surface area contributed by atoms with Crippen molar-refractivity contribution in [2.24, 2.45) is 0 Å². The Morgan fingerprint density at radius 1 is 0.971 bits per heavy atom. The summed E-state index contributed by atoms with van der Waals surface area (Å²) in [6, 6.07) is 21.6. The van der Waals surface area contributed by atoms with Crippen LogP contribution in [0.4, 0.5) is 5.69 Å². The smallest absolute Gasteiger partial charge is 0.265 e. The van der Waals surface area contributed by atoms with E-state index in [1.807, 2.05) is 42.5 Å². The Kier molecular flexibility index (Phi) is 7.57. The van der Waals surface area contributed by atoms with E-state index in [-0.39, 0.29) is 11.5 Å². The summed E-state index contributed by atoms with van der Waals surface area (Å²) in [6.45, 7) is 9.33. The van der Waals surface area contributed by atoms with Gasteiger partial charge in [0.05, 0.1) is 22.3 Å². The van der Waals surface area contributed by atoms with E-state index < -0.39 is 0 Å². The summed E-state index contributed by atoms with van der Waals surface area (Å²) in [5.41, 5.74) is 2.28. The first-order valence-corrected chi connectivity index (χ1v) is 11.9. The van der Waals surface area contributed by atoms with E-state index in [0.717, 1.165) is 19.6 Å². The van der Waals surface area contributed by atoms with Crippen LogP contribution in [0.5, 0.6) is 5.75 Å². The van der Waals surface area contributed by atoms with Crippen LogP contribution in [0.15, 0.2) is 77.6 Å². The quantitative estimate of drug-likeness (QED) is 0.385. The van der Waals surface area contributed by atoms with Crippen molar-refractivity contribution in [3.05, 3.63) is 94.5 Å². The molecule has 0 bridgehead atoms. The standard InChI is InChI=1S/C28H30N4O3/c1-4-31(5-2)18-19-35-26-13-9-8-12-25(26)30-27(33)21-14-16-22(17-15-21)32-20(3)29-24-11-7-6-10-23(24)28(32)34/h6-17H,4-5,18-19H2,1-3H3,(H,30,33). The minimum atomic E-state index is -0.253. The molecule has 180 valence electrons. The summed E-state index contributed by atoms with van der Waals surface area (Å²) in [7, 11) is 0. The molecule has 0 aliphatic rings. The normalized spacial score (nSPS) is 11.1. The number of benzene rings is 3. The number of fused-ring (bicyclic) bond motifs is 1. The highest BCUT2D eigenvalue weighted by Crippen LogP contribution is 2.24. The predicted octanol–water partition coefficient (Wildman–Crippen LogP) is 4.67. The molecular formula is C28H30N4O3. The SMILES string of the molecule is CCN(CC)CCOc1ccccc1NC(=O)c1ccc(-n2c(C)nc3ccccc3c2=O)cc1. The Bertz CT molecular complexity index is 1380. The van der Waals surface area contributed by atoms with Gasteiger partial charge in [0.2, 0.25) is 0 Å². The number of carbonyl (C=O) groups is 1. The molecule has 1 N–H and O–H groups in total. The highest BCUT2D eigenvalue weighted by molar-refractivity contribution is 6.05. The molecule has 0 saturated carbocycles. The van der Waals surface area contributed by atoms with Gasteiger partial charge >= 0.3 is 0 Å². The molecule has 0 unspecified atom stereocenters. The number of amides is 1. The monoisotopic (exact) mass is 470 g/mol. The van der Waals surface area contributed by atoms with Gasteiger partial charge in [0.1, 0.15) is 18.2 Å². The molecule has 4 rings (SSSR count). The van der Waals surface area contributed by atoms with Gasteiger partial charge in [0.15, 0.2) is 0 Å². The fourth-order valence-corrected chi connectivity index (χ4v) is 4.02. The summed E-state index contributed by atoms with van der Waals surface area (Å²) in [5, 5.41) is 3.49. The summed E-state index contributed by atoms with van der Waals surface area (Å²) in [4.78, 5) is 32.8. The first-order chi connectivity index (χ1) is 17.0. The number of aromatic nitrogens is 2. The number of likely N-dealkylation sites (N-methyl/N-ethyl adjacent to an activating group) is 1. The van der Waals surface area contributed by atoms with Crippen LogP contribution in [0.3, 0.4) is 0 Å². The maximum atomic E-state index is 13.0. The molecule has 0 radical (unpaired) electrons. The van der Waals surface area contributed by atoms with E-state index in [2.05, 4.69) is 29.0 Å². The number of nitrogens with one attached hydrogen (secondary N) is 1. The maximum absolute atomic E-state index is 13.0. The average Bonchev–Trinajstić information content (AvgIpc) is 2.88. The van der Waals surface area contributed by atoms with Crippen molar-refractivity contribution in [3.63, 3.8) is 0 Å². The number of aryl methyl sites for hydroxylation is 1. The molecule has 1 aromatic heterocycles. The van der Waals surface area contributed by atoms with E-state index in [9.17, 15) is 9.59 Å². The Labute approximate surface area is 205 Å². The molecule has 1 amide bonds. The van der Waals surface area contributed by atoms with Crippen LogP contribution in [0, 0.1) is 6.92 Å². The van der Waals surface area contributed by atoms with Gasteiger partial charge in [-0.3, -0.25) is 14.2 Å². The van der Waals surface area contributed by atoms with Crippen LogP contribution in [0.2, 0.25) is 0 Å². The van der Waals surface area contributed by atoms with Gasteiger partial charge in [-0.2, -0.15) is 0 Å². The van der Waals surface area contributed by atoms with Gasteiger partial charge in [-0.1, -0.05) is 38.1 Å². The summed E-state index contributed by atoms with van der Waals surface area (Å²) in [5.74, 6) is 0.966. The van der Waals surface area contributed by atoms with Gasteiger partial charge in [-0.25, -0.2) is 4.98 Å². The zero-order chi connectivity index (χ0) is 24.8. The number of rotatable bonds is 9. The van der Waals surface area contributed by atoms with Crippen LogP contribution in [0.25, 0.3) is 16.6 Å². The number of hydrogen-bond acceptors (Lipinski definition) is 5. The molecule has 0 spiro atoms. The Hall–Kier alpha value is -3.97. The molecule has 7 nitrogen and oxygen atoms in total. The number of hydrogen-bond donors (Lipinski definition) is 1. The highest BCUT2D eigenvalue weighted by Gasteiger charge is 2.13. The van der Waals surface area contributed by atoms with Gasteiger partial charge < -0.3 is 15.0 Å². The van der Waals surface area contributed by atoms with Gasteiger partial charge in [0, 0.05) is 12.1 Å². The fraction of sp³-hybridized carbons (Fsp3) is 0.250. The average molecular weight is 471 g/mol. The van der Waals surface area contributed by atoms with Crippen molar-refractivity contribution < 1.29 is 9.53 Å². The van der Waals surface area contributed by atoms with Crippen LogP contribution in [0.1, 0.15) is 30.0 Å². The van der Waals surface area contributed by atoms with E-state index in [4.69, 9.17) is 4.74 Å². The third-order valence-electron chi connectivity index (χ3n) is 6.03. The molecule has 7 heteroatoms. The second-order valence-electron chi connectivity index (χ2n) is 8.19. The molecule has 0 aliphatic carbocycles. The second kappa shape index (κ2) is 11.0. The maximum Gasteiger partial charge on any atom is 0.265 e. The zero-order valence-corrected chi connectivity index (χ0v) is 20.3. The first kappa shape index (κ1) is 24.2. The van der Waals surface area contributed by atoms with E-state index in [1.54, 1.807) is 41.8 Å². The Morgan fingerprint density at radius 2 is 1.66 bits per heavy atom. The highest BCUT2D eigenvalue weighted by atomic mass is 16.5. The third-order valence-corrected chi connectivity index (χ3v) is 6.03. The van der Waals surface area contributed by atoms with Gasteiger partial charge in [0.25, 0.3) is 11.5 Å². The number of ether oxygens (including phenoxy) is 1. The van der Waals surface area contributed by atoms with Crippen molar-refractivity contribution in [1.82, 2.24) is 14.5 Å².